The Labute approximate surface area is 134 Å². The van der Waals surface area contributed by atoms with Gasteiger partial charge < -0.3 is 5.32 Å². The van der Waals surface area contributed by atoms with Gasteiger partial charge in [-0.3, -0.25) is 0 Å². The summed E-state index contributed by atoms with van der Waals surface area (Å²) in [5, 5.41) is 3.15. The van der Waals surface area contributed by atoms with Crippen LogP contribution < -0.4 is 5.32 Å². The number of hydrogen-bond acceptors (Lipinski definition) is 1. The highest BCUT2D eigenvalue weighted by atomic mass is 79.9. The normalized spacial score (nSPS) is 13.0. The molecular weight excluding hydrogens is 367 g/mol. The number of halogens is 5. The molecule has 6 heteroatoms. The molecule has 1 N–H and O–H groups in total. The summed E-state index contributed by atoms with van der Waals surface area (Å²) in [5.74, 6) is 0.303. The molecular formula is C15H12BrClF3N. The van der Waals surface area contributed by atoms with E-state index in [9.17, 15) is 13.2 Å². The first kappa shape index (κ1) is 16.2. The Balaban J connectivity index is 2.23. The van der Waals surface area contributed by atoms with Gasteiger partial charge in [-0.05, 0) is 39.7 Å². The van der Waals surface area contributed by atoms with Crippen LogP contribution >= 0.6 is 27.5 Å². The van der Waals surface area contributed by atoms with Gasteiger partial charge in [-0.25, -0.2) is 0 Å². The minimum absolute atomic E-state index is 0.180. The van der Waals surface area contributed by atoms with Crippen molar-refractivity contribution in [1.82, 2.24) is 0 Å². The molecule has 0 aromatic heterocycles. The Morgan fingerprint density at radius 3 is 2.29 bits per heavy atom. The van der Waals surface area contributed by atoms with Gasteiger partial charge >= 0.3 is 6.18 Å². The SMILES string of the molecule is FC(F)(F)c1ccc(NC(CCl)c2ccccc2)c(Br)c1. The quantitative estimate of drug-likeness (QED) is 0.657. The highest BCUT2D eigenvalue weighted by Gasteiger charge is 2.30. The Bertz CT molecular complexity index is 602. The largest absolute Gasteiger partial charge is 0.416 e. The molecule has 0 aliphatic carbocycles. The average Bonchev–Trinajstić information content (AvgIpc) is 2.46. The molecule has 0 spiro atoms. The maximum atomic E-state index is 12.6. The van der Waals surface area contributed by atoms with Gasteiger partial charge in [0.15, 0.2) is 0 Å². The molecule has 1 nitrogen and oxygen atoms in total. The summed E-state index contributed by atoms with van der Waals surface area (Å²) in [6.45, 7) is 0. The fourth-order valence-electron chi connectivity index (χ4n) is 1.89. The van der Waals surface area contributed by atoms with E-state index >= 15 is 0 Å². The van der Waals surface area contributed by atoms with Crippen LogP contribution in [-0.2, 0) is 6.18 Å². The molecule has 112 valence electrons. The third kappa shape index (κ3) is 4.14. The summed E-state index contributed by atoms with van der Waals surface area (Å²) in [6.07, 6.45) is -4.35. The van der Waals surface area contributed by atoms with Gasteiger partial charge in [-0.2, -0.15) is 13.2 Å². The summed E-state index contributed by atoms with van der Waals surface area (Å²) < 4.78 is 38.2. The van der Waals surface area contributed by atoms with E-state index in [1.165, 1.54) is 6.07 Å². The van der Waals surface area contributed by atoms with Gasteiger partial charge in [0.05, 0.1) is 11.6 Å². The van der Waals surface area contributed by atoms with Crippen molar-refractivity contribution in [2.24, 2.45) is 0 Å². The highest BCUT2D eigenvalue weighted by Crippen LogP contribution is 2.35. The van der Waals surface area contributed by atoms with Crippen molar-refractivity contribution >= 4 is 33.2 Å². The molecule has 1 atom stereocenters. The Kier molecular flexibility index (Phi) is 5.17. The van der Waals surface area contributed by atoms with Crippen molar-refractivity contribution < 1.29 is 13.2 Å². The average molecular weight is 379 g/mol. The number of alkyl halides is 4. The van der Waals surface area contributed by atoms with E-state index in [-0.39, 0.29) is 6.04 Å². The van der Waals surface area contributed by atoms with Gasteiger partial charge in [0.25, 0.3) is 0 Å². The molecule has 1 unspecified atom stereocenters. The molecule has 0 fully saturated rings. The zero-order valence-corrected chi connectivity index (χ0v) is 13.1. The zero-order valence-electron chi connectivity index (χ0n) is 10.8. The van der Waals surface area contributed by atoms with Crippen LogP contribution in [0.5, 0.6) is 0 Å². The molecule has 0 bridgehead atoms. The lowest BCUT2D eigenvalue weighted by atomic mass is 10.1. The number of hydrogen-bond donors (Lipinski definition) is 1. The predicted molar refractivity (Wildman–Crippen MR) is 82.7 cm³/mol. The maximum absolute atomic E-state index is 12.6. The van der Waals surface area contributed by atoms with E-state index < -0.39 is 11.7 Å². The Hall–Kier alpha value is -1.20. The summed E-state index contributed by atoms with van der Waals surface area (Å²) in [5.41, 5.74) is 0.846. The number of benzene rings is 2. The van der Waals surface area contributed by atoms with Gasteiger partial charge in [0.2, 0.25) is 0 Å². The van der Waals surface area contributed by atoms with Crippen molar-refractivity contribution in [3.63, 3.8) is 0 Å². The summed E-state index contributed by atoms with van der Waals surface area (Å²) in [4.78, 5) is 0. The maximum Gasteiger partial charge on any atom is 0.416 e. The van der Waals surface area contributed by atoms with Gasteiger partial charge in [0, 0.05) is 16.0 Å². The van der Waals surface area contributed by atoms with Crippen molar-refractivity contribution in [2.45, 2.75) is 12.2 Å². The number of nitrogens with one attached hydrogen (secondary N) is 1. The minimum atomic E-state index is -4.35. The highest BCUT2D eigenvalue weighted by molar-refractivity contribution is 9.10. The van der Waals surface area contributed by atoms with E-state index in [2.05, 4.69) is 21.2 Å². The molecule has 21 heavy (non-hydrogen) atoms. The van der Waals surface area contributed by atoms with E-state index in [0.717, 1.165) is 17.7 Å². The summed E-state index contributed by atoms with van der Waals surface area (Å²) in [6, 6.07) is 12.8. The van der Waals surface area contributed by atoms with E-state index in [1.54, 1.807) is 0 Å². The van der Waals surface area contributed by atoms with Gasteiger partial charge in [0.1, 0.15) is 0 Å². The van der Waals surface area contributed by atoms with Crippen LogP contribution in [-0.4, -0.2) is 5.88 Å². The molecule has 0 heterocycles. The third-order valence-electron chi connectivity index (χ3n) is 2.98. The second-order valence-corrected chi connectivity index (χ2v) is 5.62. The van der Waals surface area contributed by atoms with Crippen molar-refractivity contribution in [3.05, 3.63) is 64.1 Å². The molecule has 0 aliphatic heterocycles. The van der Waals surface area contributed by atoms with Crippen molar-refractivity contribution in [1.29, 1.82) is 0 Å². The third-order valence-corrected chi connectivity index (χ3v) is 3.95. The lowest BCUT2D eigenvalue weighted by Crippen LogP contribution is -2.13. The fourth-order valence-corrected chi connectivity index (χ4v) is 2.64. The Morgan fingerprint density at radius 1 is 1.10 bits per heavy atom. The summed E-state index contributed by atoms with van der Waals surface area (Å²) in [7, 11) is 0. The molecule has 2 aromatic rings. The number of rotatable bonds is 4. The summed E-state index contributed by atoms with van der Waals surface area (Å²) >= 11 is 9.11. The monoisotopic (exact) mass is 377 g/mol. The number of anilines is 1. The van der Waals surface area contributed by atoms with Gasteiger partial charge in [-0.1, -0.05) is 30.3 Å². The topological polar surface area (TPSA) is 12.0 Å². The lowest BCUT2D eigenvalue weighted by Gasteiger charge is -2.19. The molecule has 0 aliphatic rings. The first-order valence-corrected chi connectivity index (χ1v) is 7.49. The van der Waals surface area contributed by atoms with E-state index in [4.69, 9.17) is 11.6 Å². The second kappa shape index (κ2) is 6.71. The lowest BCUT2D eigenvalue weighted by molar-refractivity contribution is -0.137. The van der Waals surface area contributed by atoms with Crippen molar-refractivity contribution in [2.75, 3.05) is 11.2 Å². The molecule has 0 amide bonds. The molecule has 2 rings (SSSR count). The van der Waals surface area contributed by atoms with Crippen LogP contribution in [0.1, 0.15) is 17.2 Å². The van der Waals surface area contributed by atoms with Crippen LogP contribution in [0.15, 0.2) is 53.0 Å². The molecule has 0 radical (unpaired) electrons. The first-order chi connectivity index (χ1) is 9.91. The van der Waals surface area contributed by atoms with E-state index in [1.807, 2.05) is 30.3 Å². The molecule has 2 aromatic carbocycles. The zero-order chi connectivity index (χ0) is 15.5. The smallest absolute Gasteiger partial charge is 0.376 e. The standard InChI is InChI=1S/C15H12BrClF3N/c16-12-8-11(15(18,19)20)6-7-13(12)21-14(9-17)10-4-2-1-3-5-10/h1-8,14,21H,9H2. The van der Waals surface area contributed by atoms with Crippen LogP contribution in [0.2, 0.25) is 0 Å². The van der Waals surface area contributed by atoms with Crippen LogP contribution in [0.3, 0.4) is 0 Å². The Morgan fingerprint density at radius 2 is 1.76 bits per heavy atom. The molecule has 0 saturated carbocycles. The fraction of sp³-hybridized carbons (Fsp3) is 0.200. The predicted octanol–water partition coefficient (Wildman–Crippen LogP) is 5.86. The van der Waals surface area contributed by atoms with Crippen LogP contribution in [0.25, 0.3) is 0 Å². The van der Waals surface area contributed by atoms with Crippen LogP contribution in [0, 0.1) is 0 Å². The van der Waals surface area contributed by atoms with E-state index in [0.29, 0.717) is 16.0 Å². The van der Waals surface area contributed by atoms with Crippen molar-refractivity contribution in [3.8, 4) is 0 Å². The first-order valence-electron chi connectivity index (χ1n) is 6.16. The molecule has 0 saturated heterocycles. The second-order valence-electron chi connectivity index (χ2n) is 4.45. The van der Waals surface area contributed by atoms with Crippen LogP contribution in [0.4, 0.5) is 18.9 Å². The minimum Gasteiger partial charge on any atom is -0.376 e. The van der Waals surface area contributed by atoms with Gasteiger partial charge in [-0.15, -0.1) is 11.6 Å².